The van der Waals surface area contributed by atoms with Crippen molar-refractivity contribution in [2.75, 3.05) is 11.9 Å². The Morgan fingerprint density at radius 1 is 1.33 bits per heavy atom. The summed E-state index contributed by atoms with van der Waals surface area (Å²) in [4.78, 5) is 12.5. The second-order valence-electron chi connectivity index (χ2n) is 3.55. The molecule has 1 aromatic rings. The second-order valence-corrected chi connectivity index (χ2v) is 3.55. The Labute approximate surface area is 84.7 Å². The molecule has 1 aromatic carbocycles. The predicted octanol–water partition coefficient (Wildman–Crippen LogP) is 1.26. The maximum atomic E-state index is 12.6. The summed E-state index contributed by atoms with van der Waals surface area (Å²) >= 11 is 0. The van der Waals surface area contributed by atoms with Gasteiger partial charge in [0.2, 0.25) is 5.91 Å². The minimum atomic E-state index is -5.04. The maximum absolute atomic E-state index is 12.6. The van der Waals surface area contributed by atoms with Crippen LogP contribution in [0.5, 0.6) is 0 Å². The molecule has 0 bridgehead atoms. The molecule has 1 amide bonds. The predicted molar refractivity (Wildman–Crippen MR) is 52.3 cm³/mol. The van der Waals surface area contributed by atoms with Crippen molar-refractivity contribution in [3.05, 3.63) is 23.8 Å². The highest BCUT2D eigenvalue weighted by Gasteiger charge is 2.34. The van der Waals surface area contributed by atoms with Gasteiger partial charge in [-0.25, -0.2) is 0 Å². The van der Waals surface area contributed by atoms with Gasteiger partial charge in [-0.2, -0.15) is 0 Å². The Morgan fingerprint density at radius 2 is 2.00 bits per heavy atom. The number of carbonyl (C=O) groups is 1. The zero-order valence-electron chi connectivity index (χ0n) is 8.01. The van der Waals surface area contributed by atoms with E-state index >= 15 is 0 Å². The van der Waals surface area contributed by atoms with Gasteiger partial charge in [-0.3, -0.25) is 4.79 Å². The average Bonchev–Trinajstić information content (AvgIpc) is 2.41. The molecule has 0 saturated heterocycles. The molecule has 80 valence electrons. The van der Waals surface area contributed by atoms with Crippen molar-refractivity contribution in [1.82, 2.24) is 0 Å². The number of hydrogen-bond acceptors (Lipinski definition) is 1. The lowest BCUT2D eigenvalue weighted by molar-refractivity contribution is -0.117. The van der Waals surface area contributed by atoms with Gasteiger partial charge in [0.1, 0.15) is 0 Å². The third kappa shape index (κ3) is 1.50. The van der Waals surface area contributed by atoms with E-state index in [0.717, 1.165) is 6.07 Å². The van der Waals surface area contributed by atoms with Crippen molar-refractivity contribution in [3.8, 4) is 0 Å². The van der Waals surface area contributed by atoms with Crippen LogP contribution in [0.1, 0.15) is 5.56 Å². The number of benzene rings is 1. The average molecular weight is 214 g/mol. The van der Waals surface area contributed by atoms with Gasteiger partial charge in [-0.15, -0.1) is 5.46 Å². The Hall–Kier alpha value is -1.46. The number of carbonyl (C=O) groups excluding carboxylic acids is 1. The molecule has 0 aliphatic carbocycles. The molecule has 1 aliphatic heterocycles. The molecule has 0 atom stereocenters. The summed E-state index contributed by atoms with van der Waals surface area (Å²) in [5, 5.41) is 0. The fourth-order valence-corrected chi connectivity index (χ4v) is 1.81. The normalized spacial score (nSPS) is 15.7. The molecule has 0 radical (unpaired) electrons. The van der Waals surface area contributed by atoms with Gasteiger partial charge in [-0.1, -0.05) is 12.1 Å². The van der Waals surface area contributed by atoms with Crippen LogP contribution in [0.3, 0.4) is 0 Å². The topological polar surface area (TPSA) is 20.3 Å². The molecule has 0 fully saturated rings. The molecule has 0 saturated carbocycles. The lowest BCUT2D eigenvalue weighted by Gasteiger charge is -2.19. The first kappa shape index (κ1) is 10.1. The van der Waals surface area contributed by atoms with Gasteiger partial charge in [0.15, 0.2) is 0 Å². The molecule has 0 unspecified atom stereocenters. The van der Waals surface area contributed by atoms with Crippen LogP contribution in [-0.2, 0) is 11.2 Å². The zero-order chi connectivity index (χ0) is 11.2. The fourth-order valence-electron chi connectivity index (χ4n) is 1.81. The fraction of sp³-hybridized carbons (Fsp3) is 0.222. The van der Waals surface area contributed by atoms with Crippen molar-refractivity contribution in [1.29, 1.82) is 0 Å². The highest BCUT2D eigenvalue weighted by Crippen LogP contribution is 2.28. The van der Waals surface area contributed by atoms with Gasteiger partial charge < -0.3 is 17.8 Å². The van der Waals surface area contributed by atoms with E-state index in [-0.39, 0.29) is 17.9 Å². The van der Waals surface area contributed by atoms with Crippen LogP contribution < -0.4 is 10.4 Å². The molecule has 2 nitrogen and oxygen atoms in total. The van der Waals surface area contributed by atoms with Gasteiger partial charge in [0, 0.05) is 12.7 Å². The minimum Gasteiger partial charge on any atom is -0.445 e. The molecule has 2 rings (SSSR count). The number of rotatable bonds is 1. The van der Waals surface area contributed by atoms with Crippen molar-refractivity contribution in [2.45, 2.75) is 6.42 Å². The first-order chi connectivity index (χ1) is 6.91. The summed E-state index contributed by atoms with van der Waals surface area (Å²) < 4.78 is 37.9. The second kappa shape index (κ2) is 3.02. The molecule has 6 heteroatoms. The lowest BCUT2D eigenvalue weighted by atomic mass is 9.76. The molecule has 1 heterocycles. The highest BCUT2D eigenvalue weighted by molar-refractivity contribution is 6.74. The van der Waals surface area contributed by atoms with Gasteiger partial charge >= 0.3 is 6.98 Å². The molecular weight excluding hydrogens is 206 g/mol. The lowest BCUT2D eigenvalue weighted by Crippen LogP contribution is -2.36. The van der Waals surface area contributed by atoms with Crippen LogP contribution in [0.25, 0.3) is 0 Å². The van der Waals surface area contributed by atoms with E-state index in [4.69, 9.17) is 0 Å². The third-order valence-corrected chi connectivity index (χ3v) is 2.60. The Kier molecular flexibility index (Phi) is 2.03. The van der Waals surface area contributed by atoms with E-state index in [0.29, 0.717) is 5.69 Å². The Bertz CT molecular complexity index is 430. The van der Waals surface area contributed by atoms with Crippen LogP contribution in [0.4, 0.5) is 18.6 Å². The third-order valence-electron chi connectivity index (χ3n) is 2.60. The zero-order valence-corrected chi connectivity index (χ0v) is 8.01. The van der Waals surface area contributed by atoms with Crippen molar-refractivity contribution in [2.24, 2.45) is 0 Å². The molecule has 15 heavy (non-hydrogen) atoms. The number of anilines is 1. The minimum absolute atomic E-state index is 0.109. The molecule has 0 aromatic heterocycles. The summed E-state index contributed by atoms with van der Waals surface area (Å²) in [6, 6.07) is 3.90. The van der Waals surface area contributed by atoms with Crippen LogP contribution in [-0.4, -0.2) is 19.9 Å². The molecule has 0 N–H and O–H groups in total. The molecular formula is C9H8BF3NO-. The van der Waals surface area contributed by atoms with Crippen LogP contribution in [0, 0.1) is 0 Å². The van der Waals surface area contributed by atoms with E-state index in [1.54, 1.807) is 0 Å². The monoisotopic (exact) mass is 214 g/mol. The van der Waals surface area contributed by atoms with Gasteiger partial charge in [-0.05, 0) is 11.6 Å². The quantitative estimate of drug-likeness (QED) is 0.644. The SMILES string of the molecule is CN1C(=O)Cc2c1cccc2[B-](F)(F)F. The number of likely N-dealkylation sites (N-methyl/N-ethyl adjacent to an activating group) is 1. The van der Waals surface area contributed by atoms with Crippen molar-refractivity contribution in [3.63, 3.8) is 0 Å². The number of fused-ring (bicyclic) bond motifs is 1. The Balaban J connectivity index is 2.60. The van der Waals surface area contributed by atoms with Crippen LogP contribution in [0.15, 0.2) is 18.2 Å². The maximum Gasteiger partial charge on any atom is 0.509 e. The summed E-state index contributed by atoms with van der Waals surface area (Å²) in [5.74, 6) is -0.294. The standard InChI is InChI=1S/C9H8BF3NO/c1-14-8-4-2-3-7(10(11,12)13)6(8)5-9(14)15/h2-4H,5H2,1H3/q-1. The van der Waals surface area contributed by atoms with Crippen LogP contribution in [0.2, 0.25) is 0 Å². The largest absolute Gasteiger partial charge is 0.509 e. The summed E-state index contributed by atoms with van der Waals surface area (Å²) in [5.41, 5.74) is -0.167. The highest BCUT2D eigenvalue weighted by atomic mass is 19.4. The van der Waals surface area contributed by atoms with Crippen molar-refractivity contribution < 1.29 is 17.7 Å². The van der Waals surface area contributed by atoms with E-state index in [1.807, 2.05) is 0 Å². The number of nitrogens with zero attached hydrogens (tertiary/aromatic N) is 1. The van der Waals surface area contributed by atoms with E-state index in [2.05, 4.69) is 0 Å². The first-order valence-electron chi connectivity index (χ1n) is 4.49. The number of halogens is 3. The van der Waals surface area contributed by atoms with E-state index < -0.39 is 12.4 Å². The van der Waals surface area contributed by atoms with Gasteiger partial charge in [0.25, 0.3) is 0 Å². The first-order valence-corrected chi connectivity index (χ1v) is 4.49. The summed E-state index contributed by atoms with van der Waals surface area (Å²) in [6.45, 7) is -5.04. The van der Waals surface area contributed by atoms with E-state index in [9.17, 15) is 17.7 Å². The smallest absolute Gasteiger partial charge is 0.445 e. The molecule has 1 aliphatic rings. The van der Waals surface area contributed by atoms with Crippen LogP contribution >= 0.6 is 0 Å². The van der Waals surface area contributed by atoms with Gasteiger partial charge in [0.05, 0.1) is 6.42 Å². The summed E-state index contributed by atoms with van der Waals surface area (Å²) in [6.07, 6.45) is -0.150. The number of amides is 1. The van der Waals surface area contributed by atoms with E-state index in [1.165, 1.54) is 24.1 Å². The number of hydrogen-bond donors (Lipinski definition) is 0. The van der Waals surface area contributed by atoms with Crippen molar-refractivity contribution >= 4 is 24.0 Å². The Morgan fingerprint density at radius 3 is 2.60 bits per heavy atom. The summed E-state index contributed by atoms with van der Waals surface area (Å²) in [7, 11) is 1.49. The molecule has 0 spiro atoms.